The zero-order valence-electron chi connectivity index (χ0n) is 11.3. The molecule has 0 aromatic carbocycles. The number of nitrogen functional groups attached to an aromatic ring is 1. The third-order valence-corrected chi connectivity index (χ3v) is 3.68. The number of nitrogens with one attached hydrogen (secondary N) is 1. The zero-order chi connectivity index (χ0) is 14.4. The van der Waals surface area contributed by atoms with Crippen LogP contribution in [0.4, 0.5) is 5.69 Å². The number of hydrogen-bond donors (Lipinski definition) is 2. The van der Waals surface area contributed by atoms with E-state index in [1.54, 1.807) is 18.5 Å². The molecule has 0 aliphatic heterocycles. The Labute approximate surface area is 117 Å². The van der Waals surface area contributed by atoms with Crippen LogP contribution in [-0.2, 0) is 9.59 Å². The quantitative estimate of drug-likeness (QED) is 0.772. The largest absolute Gasteiger partial charge is 0.397 e. The molecule has 0 spiro atoms. The van der Waals surface area contributed by atoms with Gasteiger partial charge in [0.1, 0.15) is 0 Å². The average Bonchev–Trinajstić information content (AvgIpc) is 2.34. The molecule has 0 radical (unpaired) electrons. The molecule has 0 saturated carbocycles. The number of anilines is 1. The van der Waals surface area contributed by atoms with Crippen molar-refractivity contribution in [3.8, 4) is 0 Å². The van der Waals surface area contributed by atoms with Crippen molar-refractivity contribution in [1.29, 1.82) is 0 Å². The van der Waals surface area contributed by atoms with Crippen LogP contribution >= 0.6 is 11.8 Å². The second-order valence-electron chi connectivity index (χ2n) is 4.60. The minimum Gasteiger partial charge on any atom is -0.397 e. The number of aromatic nitrogens is 1. The second-order valence-corrected chi connectivity index (χ2v) is 5.62. The highest BCUT2D eigenvalue weighted by Gasteiger charge is 2.20. The Balaban J connectivity index is 2.52. The van der Waals surface area contributed by atoms with Gasteiger partial charge in [-0.25, -0.2) is 0 Å². The molecule has 1 amide bonds. The van der Waals surface area contributed by atoms with E-state index in [1.165, 1.54) is 18.7 Å². The van der Waals surface area contributed by atoms with Gasteiger partial charge in [-0.15, -0.1) is 11.8 Å². The fourth-order valence-corrected chi connectivity index (χ4v) is 2.37. The Bertz CT molecular complexity index is 463. The minimum atomic E-state index is -0.428. The number of amides is 1. The number of hydrogen-bond acceptors (Lipinski definition) is 5. The molecule has 3 N–H and O–H groups in total. The molecule has 6 heteroatoms. The summed E-state index contributed by atoms with van der Waals surface area (Å²) in [4.78, 5) is 27.9. The van der Waals surface area contributed by atoms with Gasteiger partial charge < -0.3 is 11.1 Å². The lowest BCUT2D eigenvalue weighted by atomic mass is 10.0. The van der Waals surface area contributed by atoms with Crippen molar-refractivity contribution < 1.29 is 9.59 Å². The van der Waals surface area contributed by atoms with E-state index in [9.17, 15) is 9.59 Å². The number of carbonyl (C=O) groups is 2. The Morgan fingerprint density at radius 2 is 2.16 bits per heavy atom. The van der Waals surface area contributed by atoms with Crippen molar-refractivity contribution in [2.75, 3.05) is 11.5 Å². The molecule has 1 aromatic heterocycles. The van der Waals surface area contributed by atoms with Crippen molar-refractivity contribution in [2.45, 2.75) is 31.7 Å². The fraction of sp³-hybridized carbons (Fsp3) is 0.462. The van der Waals surface area contributed by atoms with Crippen molar-refractivity contribution >= 4 is 29.1 Å². The summed E-state index contributed by atoms with van der Waals surface area (Å²) in [7, 11) is 0. The van der Waals surface area contributed by atoms with E-state index < -0.39 is 6.04 Å². The van der Waals surface area contributed by atoms with E-state index in [0.717, 1.165) is 4.90 Å². The van der Waals surface area contributed by atoms with Crippen LogP contribution in [0.1, 0.15) is 20.8 Å². The first kappa shape index (κ1) is 15.5. The highest BCUT2D eigenvalue weighted by Crippen LogP contribution is 2.23. The summed E-state index contributed by atoms with van der Waals surface area (Å²) in [5, 5.41) is 2.74. The van der Waals surface area contributed by atoms with Crippen LogP contribution in [0.25, 0.3) is 0 Å². The predicted octanol–water partition coefficient (Wildman–Crippen LogP) is 1.49. The standard InChI is InChI=1S/C13H19N3O2S/c1-8(2)13(9(3)17)16-12(18)7-19-11-4-5-15-6-10(11)14/h4-6,8,13H,7,14H2,1-3H3,(H,16,18). The molecule has 104 valence electrons. The van der Waals surface area contributed by atoms with Crippen LogP contribution < -0.4 is 11.1 Å². The molecule has 19 heavy (non-hydrogen) atoms. The molecular weight excluding hydrogens is 262 g/mol. The smallest absolute Gasteiger partial charge is 0.230 e. The van der Waals surface area contributed by atoms with E-state index >= 15 is 0 Å². The molecule has 0 saturated heterocycles. The van der Waals surface area contributed by atoms with Crippen LogP contribution in [0.5, 0.6) is 0 Å². The van der Waals surface area contributed by atoms with Gasteiger partial charge in [-0.05, 0) is 18.9 Å². The van der Waals surface area contributed by atoms with Gasteiger partial charge >= 0.3 is 0 Å². The topological polar surface area (TPSA) is 85.1 Å². The molecule has 1 aromatic rings. The third kappa shape index (κ3) is 4.90. The molecule has 0 fully saturated rings. The van der Waals surface area contributed by atoms with Gasteiger partial charge in [-0.2, -0.15) is 0 Å². The lowest BCUT2D eigenvalue weighted by Gasteiger charge is -2.19. The van der Waals surface area contributed by atoms with Crippen LogP contribution in [-0.4, -0.2) is 28.5 Å². The molecule has 0 bridgehead atoms. The van der Waals surface area contributed by atoms with E-state index in [-0.39, 0.29) is 23.4 Å². The van der Waals surface area contributed by atoms with Crippen molar-refractivity contribution in [3.05, 3.63) is 18.5 Å². The van der Waals surface area contributed by atoms with E-state index in [2.05, 4.69) is 10.3 Å². The second kappa shape index (κ2) is 7.13. The summed E-state index contributed by atoms with van der Waals surface area (Å²) in [6.07, 6.45) is 3.18. The first-order chi connectivity index (χ1) is 8.91. The first-order valence-corrected chi connectivity index (χ1v) is 7.02. The molecule has 0 aliphatic rings. The number of ketones is 1. The lowest BCUT2D eigenvalue weighted by molar-refractivity contribution is -0.126. The molecule has 0 aliphatic carbocycles. The Hall–Kier alpha value is -1.56. The van der Waals surface area contributed by atoms with E-state index in [1.807, 2.05) is 13.8 Å². The highest BCUT2D eigenvalue weighted by atomic mass is 32.2. The SMILES string of the molecule is CC(=O)C(NC(=O)CSc1ccncc1N)C(C)C. The molecule has 1 heterocycles. The Kier molecular flexibility index (Phi) is 5.82. The lowest BCUT2D eigenvalue weighted by Crippen LogP contribution is -2.44. The van der Waals surface area contributed by atoms with Crippen LogP contribution in [0.15, 0.2) is 23.4 Å². The normalized spacial score (nSPS) is 12.2. The van der Waals surface area contributed by atoms with Crippen molar-refractivity contribution in [3.63, 3.8) is 0 Å². The monoisotopic (exact) mass is 281 g/mol. The molecule has 1 unspecified atom stereocenters. The van der Waals surface area contributed by atoms with Crippen LogP contribution in [0.3, 0.4) is 0 Å². The number of carbonyl (C=O) groups excluding carboxylic acids is 2. The number of nitrogens with zero attached hydrogens (tertiary/aromatic N) is 1. The third-order valence-electron chi connectivity index (χ3n) is 2.59. The van der Waals surface area contributed by atoms with Gasteiger partial charge in [0, 0.05) is 11.1 Å². The number of rotatable bonds is 6. The maximum absolute atomic E-state index is 11.8. The van der Waals surface area contributed by atoms with Gasteiger partial charge in [0.05, 0.1) is 23.7 Å². The van der Waals surface area contributed by atoms with Crippen LogP contribution in [0, 0.1) is 5.92 Å². The maximum Gasteiger partial charge on any atom is 0.230 e. The van der Waals surface area contributed by atoms with Crippen molar-refractivity contribution in [2.24, 2.45) is 5.92 Å². The fourth-order valence-electron chi connectivity index (χ4n) is 1.62. The van der Waals surface area contributed by atoms with E-state index in [0.29, 0.717) is 5.69 Å². The van der Waals surface area contributed by atoms with Gasteiger partial charge in [-0.3, -0.25) is 14.6 Å². The first-order valence-electron chi connectivity index (χ1n) is 6.04. The maximum atomic E-state index is 11.8. The van der Waals surface area contributed by atoms with Gasteiger partial charge in [-0.1, -0.05) is 13.8 Å². The zero-order valence-corrected chi connectivity index (χ0v) is 12.2. The summed E-state index contributed by atoms with van der Waals surface area (Å²) in [6.45, 7) is 5.29. The number of Topliss-reactive ketones (excluding diaryl/α,β-unsaturated/α-hetero) is 1. The molecule has 1 rings (SSSR count). The van der Waals surface area contributed by atoms with Crippen LogP contribution in [0.2, 0.25) is 0 Å². The summed E-state index contributed by atoms with van der Waals surface area (Å²) < 4.78 is 0. The highest BCUT2D eigenvalue weighted by molar-refractivity contribution is 8.00. The Morgan fingerprint density at radius 3 is 2.68 bits per heavy atom. The van der Waals surface area contributed by atoms with Crippen molar-refractivity contribution in [1.82, 2.24) is 10.3 Å². The average molecular weight is 281 g/mol. The number of thioether (sulfide) groups is 1. The molecule has 5 nitrogen and oxygen atoms in total. The Morgan fingerprint density at radius 1 is 1.47 bits per heavy atom. The predicted molar refractivity (Wildman–Crippen MR) is 76.8 cm³/mol. The summed E-state index contributed by atoms with van der Waals surface area (Å²) >= 11 is 1.33. The van der Waals surface area contributed by atoms with Gasteiger partial charge in [0.15, 0.2) is 5.78 Å². The summed E-state index contributed by atoms with van der Waals surface area (Å²) in [5.74, 6) is 0.106. The number of pyridine rings is 1. The summed E-state index contributed by atoms with van der Waals surface area (Å²) in [5.41, 5.74) is 6.28. The van der Waals surface area contributed by atoms with Gasteiger partial charge in [0.2, 0.25) is 5.91 Å². The van der Waals surface area contributed by atoms with E-state index in [4.69, 9.17) is 5.73 Å². The van der Waals surface area contributed by atoms with Gasteiger partial charge in [0.25, 0.3) is 0 Å². The summed E-state index contributed by atoms with van der Waals surface area (Å²) in [6, 6.07) is 1.33. The number of nitrogens with two attached hydrogens (primary N) is 1. The molecule has 1 atom stereocenters. The molecular formula is C13H19N3O2S. The minimum absolute atomic E-state index is 0.0308.